The minimum absolute atomic E-state index is 0. The Morgan fingerprint density at radius 2 is 2.31 bits per heavy atom. The highest BCUT2D eigenvalue weighted by molar-refractivity contribution is 9.10. The largest absolute Gasteiger partial charge is 0.477 e. The molecule has 0 aliphatic heterocycles. The molecule has 1 N–H and O–H groups in total. The van der Waals surface area contributed by atoms with Crippen molar-refractivity contribution in [2.45, 2.75) is 6.92 Å². The molecule has 1 aromatic rings. The van der Waals surface area contributed by atoms with Crippen molar-refractivity contribution in [3.05, 3.63) is 28.5 Å². The second kappa shape index (κ2) is 5.94. The van der Waals surface area contributed by atoms with Gasteiger partial charge in [-0.1, -0.05) is 0 Å². The van der Waals surface area contributed by atoms with Crippen molar-refractivity contribution in [2.24, 2.45) is 0 Å². The predicted molar refractivity (Wildman–Crippen MR) is 57.6 cm³/mol. The summed E-state index contributed by atoms with van der Waals surface area (Å²) in [7, 11) is 0. The third-order valence-corrected chi connectivity index (χ3v) is 1.72. The highest BCUT2D eigenvalue weighted by atomic mass is 79.9. The Bertz CT molecular complexity index is 276. The third-order valence-electron chi connectivity index (χ3n) is 1.25. The van der Waals surface area contributed by atoms with E-state index in [1.807, 2.05) is 13.0 Å². The van der Waals surface area contributed by atoms with Crippen molar-refractivity contribution < 1.29 is 4.74 Å². The van der Waals surface area contributed by atoms with Gasteiger partial charge in [0.05, 0.1) is 6.61 Å². The number of nitrogens with zero attached hydrogens (tertiary/aromatic N) is 1. The summed E-state index contributed by atoms with van der Waals surface area (Å²) in [6.45, 7) is 2.34. The van der Waals surface area contributed by atoms with Crippen LogP contribution < -0.4 is 0 Å². The lowest BCUT2D eigenvalue weighted by molar-refractivity contribution is 0.324. The van der Waals surface area contributed by atoms with E-state index in [0.29, 0.717) is 12.3 Å². The zero-order valence-electron chi connectivity index (χ0n) is 7.08. The van der Waals surface area contributed by atoms with Crippen LogP contribution in [0, 0.1) is 5.41 Å². The van der Waals surface area contributed by atoms with Crippen LogP contribution in [0.1, 0.15) is 12.6 Å². The smallest absolute Gasteiger partial charge is 0.232 e. The number of aromatic nitrogens is 1. The zero-order valence-corrected chi connectivity index (χ0v) is 9.48. The minimum atomic E-state index is 0. The van der Waals surface area contributed by atoms with Crippen LogP contribution >= 0.6 is 28.3 Å². The van der Waals surface area contributed by atoms with E-state index in [-0.39, 0.29) is 18.3 Å². The van der Waals surface area contributed by atoms with Gasteiger partial charge in [-0.05, 0) is 35.0 Å². The van der Waals surface area contributed by atoms with Gasteiger partial charge >= 0.3 is 0 Å². The standard InChI is InChI=1S/C8H9BrN2O.ClH/c1-2-12-8(10)7-4-3-6(9)5-11-7;/h3-5,10H,2H2,1H3;1H. The SMILES string of the molecule is CCOC(=N)c1ccc(Br)cn1.Cl. The molecule has 1 aromatic heterocycles. The van der Waals surface area contributed by atoms with Crippen molar-refractivity contribution in [3.8, 4) is 0 Å². The fourth-order valence-electron chi connectivity index (χ4n) is 0.728. The fraction of sp³-hybridized carbons (Fsp3) is 0.250. The van der Waals surface area contributed by atoms with E-state index in [0.717, 1.165) is 4.47 Å². The highest BCUT2D eigenvalue weighted by Crippen LogP contribution is 2.07. The maximum atomic E-state index is 7.40. The van der Waals surface area contributed by atoms with E-state index in [1.165, 1.54) is 0 Å². The molecule has 0 aliphatic carbocycles. The topological polar surface area (TPSA) is 46.0 Å². The molecule has 0 spiro atoms. The first-order valence-corrected chi connectivity index (χ1v) is 4.36. The Morgan fingerprint density at radius 3 is 2.77 bits per heavy atom. The van der Waals surface area contributed by atoms with Crippen molar-refractivity contribution in [3.63, 3.8) is 0 Å². The lowest BCUT2D eigenvalue weighted by Crippen LogP contribution is -2.06. The van der Waals surface area contributed by atoms with E-state index in [2.05, 4.69) is 20.9 Å². The number of hydrogen-bond acceptors (Lipinski definition) is 3. The quantitative estimate of drug-likeness (QED) is 0.660. The molecule has 0 unspecified atom stereocenters. The zero-order chi connectivity index (χ0) is 8.97. The van der Waals surface area contributed by atoms with Gasteiger partial charge in [-0.15, -0.1) is 12.4 Å². The Balaban J connectivity index is 0.00000144. The predicted octanol–water partition coefficient (Wildman–Crippen LogP) is 2.63. The summed E-state index contributed by atoms with van der Waals surface area (Å²) < 4.78 is 5.87. The van der Waals surface area contributed by atoms with Gasteiger partial charge in [0.15, 0.2) is 0 Å². The number of rotatable bonds is 2. The van der Waals surface area contributed by atoms with Crippen LogP contribution in [-0.4, -0.2) is 17.5 Å². The lowest BCUT2D eigenvalue weighted by atomic mass is 10.3. The second-order valence-corrected chi connectivity index (χ2v) is 3.04. The molecule has 5 heteroatoms. The maximum absolute atomic E-state index is 7.40. The first kappa shape index (κ1) is 12.4. The monoisotopic (exact) mass is 264 g/mol. The van der Waals surface area contributed by atoms with Crippen molar-refractivity contribution >= 4 is 34.2 Å². The van der Waals surface area contributed by atoms with E-state index >= 15 is 0 Å². The molecule has 0 saturated carbocycles. The molecule has 0 aliphatic rings. The summed E-state index contributed by atoms with van der Waals surface area (Å²) in [5.74, 6) is 0.116. The van der Waals surface area contributed by atoms with Gasteiger partial charge in [0, 0.05) is 10.7 Å². The third kappa shape index (κ3) is 3.74. The van der Waals surface area contributed by atoms with Crippen LogP contribution in [-0.2, 0) is 4.74 Å². The van der Waals surface area contributed by atoms with E-state index in [1.54, 1.807) is 12.3 Å². The van der Waals surface area contributed by atoms with Gasteiger partial charge in [-0.3, -0.25) is 10.4 Å². The van der Waals surface area contributed by atoms with Gasteiger partial charge in [-0.25, -0.2) is 0 Å². The van der Waals surface area contributed by atoms with E-state index in [9.17, 15) is 0 Å². The molecular formula is C8H10BrClN2O. The molecule has 0 amide bonds. The molecule has 0 bridgehead atoms. The summed E-state index contributed by atoms with van der Waals surface area (Å²) in [5.41, 5.74) is 0.556. The Kier molecular flexibility index (Phi) is 5.66. The summed E-state index contributed by atoms with van der Waals surface area (Å²) in [5, 5.41) is 7.40. The fourth-order valence-corrected chi connectivity index (χ4v) is 0.963. The Labute approximate surface area is 91.6 Å². The van der Waals surface area contributed by atoms with Crippen molar-refractivity contribution in [1.82, 2.24) is 4.98 Å². The van der Waals surface area contributed by atoms with Gasteiger partial charge < -0.3 is 4.74 Å². The Morgan fingerprint density at radius 1 is 1.62 bits per heavy atom. The number of pyridine rings is 1. The van der Waals surface area contributed by atoms with Crippen molar-refractivity contribution in [2.75, 3.05) is 6.61 Å². The number of hydrogen-bond donors (Lipinski definition) is 1. The molecule has 1 rings (SSSR count). The van der Waals surface area contributed by atoms with E-state index in [4.69, 9.17) is 10.1 Å². The van der Waals surface area contributed by atoms with Crippen molar-refractivity contribution in [1.29, 1.82) is 5.41 Å². The van der Waals surface area contributed by atoms with Crippen LogP contribution in [0.15, 0.2) is 22.8 Å². The first-order valence-electron chi connectivity index (χ1n) is 3.57. The summed E-state index contributed by atoms with van der Waals surface area (Å²) in [4.78, 5) is 4.00. The number of nitrogens with one attached hydrogen (secondary N) is 1. The highest BCUT2D eigenvalue weighted by Gasteiger charge is 2.01. The molecule has 0 fully saturated rings. The average molecular weight is 266 g/mol. The summed E-state index contributed by atoms with van der Waals surface area (Å²) >= 11 is 3.26. The van der Waals surface area contributed by atoms with E-state index < -0.39 is 0 Å². The molecular weight excluding hydrogens is 255 g/mol. The van der Waals surface area contributed by atoms with Gasteiger partial charge in [0.25, 0.3) is 0 Å². The molecule has 0 radical (unpaired) electrons. The molecule has 3 nitrogen and oxygen atoms in total. The molecule has 13 heavy (non-hydrogen) atoms. The van der Waals surface area contributed by atoms with Crippen LogP contribution in [0.3, 0.4) is 0 Å². The van der Waals surface area contributed by atoms with Crippen LogP contribution in [0.4, 0.5) is 0 Å². The summed E-state index contributed by atoms with van der Waals surface area (Å²) in [6.07, 6.45) is 1.64. The number of ether oxygens (including phenoxy) is 1. The summed E-state index contributed by atoms with van der Waals surface area (Å²) in [6, 6.07) is 3.57. The number of halogens is 2. The minimum Gasteiger partial charge on any atom is -0.477 e. The Hall–Kier alpha value is -0.610. The van der Waals surface area contributed by atoms with Crippen LogP contribution in [0.25, 0.3) is 0 Å². The van der Waals surface area contributed by atoms with Crippen LogP contribution in [0.5, 0.6) is 0 Å². The second-order valence-electron chi connectivity index (χ2n) is 2.12. The molecule has 0 aromatic carbocycles. The molecule has 0 atom stereocenters. The van der Waals surface area contributed by atoms with Gasteiger partial charge in [0.2, 0.25) is 5.90 Å². The molecule has 72 valence electrons. The molecule has 1 heterocycles. The molecule has 0 saturated heterocycles. The van der Waals surface area contributed by atoms with Gasteiger partial charge in [0.1, 0.15) is 5.69 Å². The lowest BCUT2D eigenvalue weighted by Gasteiger charge is -2.02. The normalized spacial score (nSPS) is 8.77. The average Bonchev–Trinajstić information content (AvgIpc) is 2.06. The maximum Gasteiger partial charge on any atom is 0.232 e. The van der Waals surface area contributed by atoms with Crippen LogP contribution in [0.2, 0.25) is 0 Å². The van der Waals surface area contributed by atoms with Gasteiger partial charge in [-0.2, -0.15) is 0 Å². The first-order chi connectivity index (χ1) is 5.74.